The third kappa shape index (κ3) is 3.49. The average Bonchev–Trinajstić information content (AvgIpc) is 3.12. The Morgan fingerprint density at radius 2 is 1.78 bits per heavy atom. The number of halogens is 1. The molecule has 1 atom stereocenters. The molecule has 0 aliphatic carbocycles. The molecule has 0 unspecified atom stereocenters. The van der Waals surface area contributed by atoms with Crippen molar-refractivity contribution < 1.29 is 13.2 Å². The van der Waals surface area contributed by atoms with Crippen LogP contribution in [0.1, 0.15) is 18.4 Å². The minimum absolute atomic E-state index is 0.0240. The van der Waals surface area contributed by atoms with Crippen molar-refractivity contribution in [1.29, 1.82) is 0 Å². The smallest absolute Gasteiger partial charge is 0.243 e. The van der Waals surface area contributed by atoms with Crippen molar-refractivity contribution in [1.82, 2.24) is 4.31 Å². The summed E-state index contributed by atoms with van der Waals surface area (Å²) in [5.41, 5.74) is 2.13. The molecule has 2 aromatic rings. The summed E-state index contributed by atoms with van der Waals surface area (Å²) in [5, 5.41) is 0.494. The standard InChI is InChI=1S/C20H21ClN2O3S/c21-17-7-9-18(10-8-17)27(25,26)22-12-3-5-16(14-22)20(24)23-13-11-15-4-1-2-6-19(15)23/h1-2,4,6-10,16H,3,5,11-14H2/t16-/m0/s1. The number of rotatable bonds is 3. The lowest BCUT2D eigenvalue weighted by Gasteiger charge is -2.33. The van der Waals surface area contributed by atoms with E-state index in [2.05, 4.69) is 0 Å². The number of nitrogens with zero attached hydrogens (tertiary/aromatic N) is 2. The normalized spacial score (nSPS) is 20.5. The molecule has 0 spiro atoms. The molecule has 142 valence electrons. The number of amides is 1. The molecule has 2 heterocycles. The van der Waals surface area contributed by atoms with Crippen LogP contribution in [0.15, 0.2) is 53.4 Å². The fourth-order valence-corrected chi connectivity index (χ4v) is 5.56. The van der Waals surface area contributed by atoms with Crippen molar-refractivity contribution in [2.24, 2.45) is 5.92 Å². The lowest BCUT2D eigenvalue weighted by Crippen LogP contribution is -2.46. The fraction of sp³-hybridized carbons (Fsp3) is 0.350. The van der Waals surface area contributed by atoms with Crippen LogP contribution >= 0.6 is 11.6 Å². The number of fused-ring (bicyclic) bond motifs is 1. The molecule has 2 aliphatic rings. The lowest BCUT2D eigenvalue weighted by molar-refractivity contribution is -0.123. The Kier molecular flexibility index (Phi) is 4.97. The second-order valence-corrected chi connectivity index (χ2v) is 9.40. The molecule has 0 bridgehead atoms. The van der Waals surface area contributed by atoms with Gasteiger partial charge in [0.2, 0.25) is 15.9 Å². The maximum atomic E-state index is 13.1. The van der Waals surface area contributed by atoms with E-state index in [-0.39, 0.29) is 23.3 Å². The summed E-state index contributed by atoms with van der Waals surface area (Å²) in [6.07, 6.45) is 2.24. The Bertz CT molecular complexity index is 959. The van der Waals surface area contributed by atoms with Gasteiger partial charge in [0.25, 0.3) is 0 Å². The highest BCUT2D eigenvalue weighted by Gasteiger charge is 2.36. The van der Waals surface area contributed by atoms with Crippen molar-refractivity contribution in [2.45, 2.75) is 24.2 Å². The zero-order valence-electron chi connectivity index (χ0n) is 14.8. The molecule has 27 heavy (non-hydrogen) atoms. The summed E-state index contributed by atoms with van der Waals surface area (Å²) in [5.74, 6) is -0.289. The molecule has 0 N–H and O–H groups in total. The van der Waals surface area contributed by atoms with E-state index in [0.29, 0.717) is 31.0 Å². The summed E-state index contributed by atoms with van der Waals surface area (Å²) in [4.78, 5) is 15.1. The van der Waals surface area contributed by atoms with Gasteiger partial charge in [-0.15, -0.1) is 0 Å². The lowest BCUT2D eigenvalue weighted by atomic mass is 9.98. The molecule has 1 amide bonds. The Labute approximate surface area is 164 Å². The monoisotopic (exact) mass is 404 g/mol. The molecule has 2 aromatic carbocycles. The summed E-state index contributed by atoms with van der Waals surface area (Å²) < 4.78 is 27.3. The van der Waals surface area contributed by atoms with Crippen LogP contribution in [-0.4, -0.2) is 38.3 Å². The molecule has 1 fully saturated rings. The first kappa shape index (κ1) is 18.5. The van der Waals surface area contributed by atoms with Crippen molar-refractivity contribution >= 4 is 33.2 Å². The van der Waals surface area contributed by atoms with Crippen LogP contribution in [0.5, 0.6) is 0 Å². The first-order valence-corrected chi connectivity index (χ1v) is 10.9. The zero-order chi connectivity index (χ0) is 19.0. The Hall–Kier alpha value is -1.89. The summed E-state index contributed by atoms with van der Waals surface area (Å²) in [6.45, 7) is 1.33. The van der Waals surface area contributed by atoms with Crippen molar-refractivity contribution in [3.63, 3.8) is 0 Å². The van der Waals surface area contributed by atoms with Crippen LogP contribution < -0.4 is 4.90 Å². The third-order valence-corrected chi connectivity index (χ3v) is 7.47. The van der Waals surface area contributed by atoms with Crippen molar-refractivity contribution in [3.8, 4) is 0 Å². The van der Waals surface area contributed by atoms with Gasteiger partial charge in [-0.1, -0.05) is 29.8 Å². The van der Waals surface area contributed by atoms with E-state index in [0.717, 1.165) is 12.1 Å². The molecule has 4 rings (SSSR count). The maximum Gasteiger partial charge on any atom is 0.243 e. The number of carbonyl (C=O) groups excluding carboxylic acids is 1. The summed E-state index contributed by atoms with van der Waals surface area (Å²) in [7, 11) is -3.63. The molecule has 0 aromatic heterocycles. The van der Waals surface area contributed by atoms with Gasteiger partial charge < -0.3 is 4.90 Å². The van der Waals surface area contributed by atoms with Crippen molar-refractivity contribution in [3.05, 3.63) is 59.1 Å². The minimum atomic E-state index is -3.63. The number of hydrogen-bond donors (Lipinski definition) is 0. The highest BCUT2D eigenvalue weighted by Crippen LogP contribution is 2.32. The van der Waals surface area contributed by atoms with Crippen LogP contribution in [0.3, 0.4) is 0 Å². The minimum Gasteiger partial charge on any atom is -0.312 e. The fourth-order valence-electron chi connectivity index (χ4n) is 3.91. The zero-order valence-corrected chi connectivity index (χ0v) is 16.4. The predicted octanol–water partition coefficient (Wildman–Crippen LogP) is 3.33. The van der Waals surface area contributed by atoms with E-state index >= 15 is 0 Å². The number of anilines is 1. The van der Waals surface area contributed by atoms with E-state index in [4.69, 9.17) is 11.6 Å². The highest BCUT2D eigenvalue weighted by molar-refractivity contribution is 7.89. The van der Waals surface area contributed by atoms with Gasteiger partial charge in [0.1, 0.15) is 0 Å². The largest absolute Gasteiger partial charge is 0.312 e. The van der Waals surface area contributed by atoms with E-state index < -0.39 is 10.0 Å². The van der Waals surface area contributed by atoms with Crippen LogP contribution in [0.4, 0.5) is 5.69 Å². The van der Waals surface area contributed by atoms with E-state index in [1.54, 1.807) is 12.1 Å². The van der Waals surface area contributed by atoms with Gasteiger partial charge in [-0.3, -0.25) is 4.79 Å². The highest BCUT2D eigenvalue weighted by atomic mass is 35.5. The molecule has 0 saturated carbocycles. The van der Waals surface area contributed by atoms with Crippen LogP contribution in [0.25, 0.3) is 0 Å². The van der Waals surface area contributed by atoms with Crippen LogP contribution in [0, 0.1) is 5.92 Å². The molecule has 0 radical (unpaired) electrons. The van der Waals surface area contributed by atoms with Gasteiger partial charge in [-0.25, -0.2) is 8.42 Å². The van der Waals surface area contributed by atoms with Crippen molar-refractivity contribution in [2.75, 3.05) is 24.5 Å². The second kappa shape index (κ2) is 7.26. The number of para-hydroxylation sites is 1. The van der Waals surface area contributed by atoms with E-state index in [9.17, 15) is 13.2 Å². The van der Waals surface area contributed by atoms with Gasteiger partial charge in [-0.05, 0) is 55.2 Å². The Balaban J connectivity index is 1.53. The summed E-state index contributed by atoms with van der Waals surface area (Å²) in [6, 6.07) is 14.1. The quantitative estimate of drug-likeness (QED) is 0.788. The number of benzene rings is 2. The molecule has 7 heteroatoms. The SMILES string of the molecule is O=C([C@H]1CCCN(S(=O)(=O)c2ccc(Cl)cc2)C1)N1CCc2ccccc21. The van der Waals surface area contributed by atoms with Crippen LogP contribution in [0.2, 0.25) is 5.02 Å². The number of piperidine rings is 1. The Morgan fingerprint density at radius 1 is 1.04 bits per heavy atom. The molecule has 1 saturated heterocycles. The molecular weight excluding hydrogens is 384 g/mol. The molecule has 5 nitrogen and oxygen atoms in total. The molecule has 2 aliphatic heterocycles. The third-order valence-electron chi connectivity index (χ3n) is 5.34. The van der Waals surface area contributed by atoms with E-state index in [1.165, 1.54) is 22.0 Å². The summed E-state index contributed by atoms with van der Waals surface area (Å²) >= 11 is 5.87. The number of carbonyl (C=O) groups is 1. The van der Waals surface area contributed by atoms with Gasteiger partial charge in [-0.2, -0.15) is 4.31 Å². The number of hydrogen-bond acceptors (Lipinski definition) is 3. The van der Waals surface area contributed by atoms with Gasteiger partial charge in [0.15, 0.2) is 0 Å². The van der Waals surface area contributed by atoms with Gasteiger partial charge >= 0.3 is 0 Å². The number of sulfonamides is 1. The van der Waals surface area contributed by atoms with Gasteiger partial charge in [0, 0.05) is 30.3 Å². The molecular formula is C20H21ClN2O3S. The topological polar surface area (TPSA) is 57.7 Å². The first-order chi connectivity index (χ1) is 13.0. The second-order valence-electron chi connectivity index (χ2n) is 7.02. The van der Waals surface area contributed by atoms with E-state index in [1.807, 2.05) is 29.2 Å². The predicted molar refractivity (Wildman–Crippen MR) is 105 cm³/mol. The maximum absolute atomic E-state index is 13.1. The van der Waals surface area contributed by atoms with Crippen LogP contribution in [-0.2, 0) is 21.2 Å². The Morgan fingerprint density at radius 3 is 2.56 bits per heavy atom. The average molecular weight is 405 g/mol. The first-order valence-electron chi connectivity index (χ1n) is 9.12. The van der Waals surface area contributed by atoms with Gasteiger partial charge in [0.05, 0.1) is 10.8 Å².